The Kier molecular flexibility index (Phi) is 8.66. The van der Waals surface area contributed by atoms with Crippen LogP contribution in [0.5, 0.6) is 0 Å². The molecule has 7 rings (SSSR count). The van der Waals surface area contributed by atoms with Crippen molar-refractivity contribution in [1.29, 1.82) is 10.8 Å². The first-order valence-electron chi connectivity index (χ1n) is 14.8. The summed E-state index contributed by atoms with van der Waals surface area (Å²) in [6.45, 7) is 0. The molecule has 0 atom stereocenters. The van der Waals surface area contributed by atoms with E-state index < -0.39 is 0 Å². The molecule has 1 aromatic heterocycles. The molecular formula is C41H32N4. The van der Waals surface area contributed by atoms with Crippen molar-refractivity contribution < 1.29 is 0 Å². The van der Waals surface area contributed by atoms with Crippen molar-refractivity contribution in [2.75, 3.05) is 5.73 Å². The minimum atomic E-state index is 0.225. The fourth-order valence-electron chi connectivity index (χ4n) is 5.41. The van der Waals surface area contributed by atoms with Crippen LogP contribution in [0.15, 0.2) is 170 Å². The number of nitrogens with two attached hydrogens (primary N) is 1. The Balaban J connectivity index is 0.000000229. The smallest absolute Gasteiger partial charge is 0.0868 e. The number of nitrogen functional groups attached to an aromatic ring is 1. The number of hydrogen-bond donors (Lipinski definition) is 3. The van der Waals surface area contributed by atoms with E-state index in [0.29, 0.717) is 0 Å². The van der Waals surface area contributed by atoms with Crippen molar-refractivity contribution in [3.8, 4) is 33.4 Å². The molecule has 0 saturated heterocycles. The summed E-state index contributed by atoms with van der Waals surface area (Å²) in [4.78, 5) is 4.05. The zero-order chi connectivity index (χ0) is 31.0. The summed E-state index contributed by atoms with van der Waals surface area (Å²) in [5.41, 5.74) is 17.3. The van der Waals surface area contributed by atoms with Crippen LogP contribution in [0.3, 0.4) is 0 Å². The van der Waals surface area contributed by atoms with Crippen molar-refractivity contribution in [3.05, 3.63) is 181 Å². The zero-order valence-electron chi connectivity index (χ0n) is 24.7. The van der Waals surface area contributed by atoms with E-state index in [9.17, 15) is 0 Å². The zero-order valence-corrected chi connectivity index (χ0v) is 24.7. The second-order valence-electron chi connectivity index (χ2n) is 10.6. The van der Waals surface area contributed by atoms with E-state index in [-0.39, 0.29) is 11.4 Å². The van der Waals surface area contributed by atoms with Crippen molar-refractivity contribution in [3.63, 3.8) is 0 Å². The molecule has 1 aliphatic carbocycles. The predicted molar refractivity (Wildman–Crippen MR) is 189 cm³/mol. The lowest BCUT2D eigenvalue weighted by molar-refractivity contribution is 1.33. The van der Waals surface area contributed by atoms with Gasteiger partial charge in [0.05, 0.1) is 11.4 Å². The molecule has 1 heterocycles. The number of hydrogen-bond acceptors (Lipinski definition) is 4. The third-order valence-electron chi connectivity index (χ3n) is 7.67. The first-order chi connectivity index (χ1) is 22.1. The first-order valence-corrected chi connectivity index (χ1v) is 14.8. The molecule has 1 aliphatic rings. The molecular weight excluding hydrogens is 548 g/mol. The quantitative estimate of drug-likeness (QED) is 0.140. The Morgan fingerprint density at radius 1 is 0.444 bits per heavy atom. The van der Waals surface area contributed by atoms with E-state index in [4.69, 9.17) is 16.6 Å². The lowest BCUT2D eigenvalue weighted by atomic mass is 9.83. The maximum absolute atomic E-state index is 8.68. The van der Waals surface area contributed by atoms with Gasteiger partial charge in [0.25, 0.3) is 0 Å². The Morgan fingerprint density at radius 2 is 0.956 bits per heavy atom. The molecule has 45 heavy (non-hydrogen) atoms. The average Bonchev–Trinajstić information content (AvgIpc) is 3.11. The maximum Gasteiger partial charge on any atom is 0.0868 e. The second kappa shape index (κ2) is 13.4. The van der Waals surface area contributed by atoms with Crippen LogP contribution in [0, 0.1) is 10.8 Å². The van der Waals surface area contributed by atoms with Gasteiger partial charge in [-0.25, -0.2) is 0 Å². The molecule has 0 fully saturated rings. The van der Waals surface area contributed by atoms with E-state index >= 15 is 0 Å². The SMILES string of the molecule is N=C1C=C(c2ccccc2-c2ccccc2)C=C(c2ccccc2-c2ccccc2)C1=N.Nc1ccc(-c2cccnc2)cc1. The molecule has 0 unspecified atom stereocenters. The Labute approximate surface area is 263 Å². The Bertz CT molecular complexity index is 2010. The lowest BCUT2D eigenvalue weighted by Crippen LogP contribution is -2.16. The molecule has 6 aromatic rings. The topological polar surface area (TPSA) is 86.6 Å². The molecule has 0 saturated carbocycles. The van der Waals surface area contributed by atoms with Gasteiger partial charge in [-0.05, 0) is 80.4 Å². The van der Waals surface area contributed by atoms with Crippen LogP contribution in [0.2, 0.25) is 0 Å². The van der Waals surface area contributed by atoms with E-state index in [1.807, 2.05) is 109 Å². The number of allylic oxidation sites excluding steroid dienone is 4. The summed E-state index contributed by atoms with van der Waals surface area (Å²) in [6, 6.07) is 48.6. The van der Waals surface area contributed by atoms with Crippen LogP contribution in [0.4, 0.5) is 5.69 Å². The maximum atomic E-state index is 8.68. The minimum absolute atomic E-state index is 0.225. The van der Waals surface area contributed by atoms with E-state index in [1.54, 1.807) is 12.3 Å². The van der Waals surface area contributed by atoms with Gasteiger partial charge >= 0.3 is 0 Å². The van der Waals surface area contributed by atoms with E-state index in [2.05, 4.69) is 53.5 Å². The van der Waals surface area contributed by atoms with Crippen molar-refractivity contribution in [1.82, 2.24) is 4.98 Å². The standard InChI is InChI=1S/C30H22N2.C11H10N2/c31-29-20-23(26-17-8-7-15-24(26)21-11-3-1-4-12-21)19-28(30(29)32)27-18-10-9-16-25(27)22-13-5-2-6-14-22;12-11-5-3-9(4-6-11)10-2-1-7-13-8-10/h1-20,31-32H;1-8H,12H2. The third-order valence-corrected chi connectivity index (χ3v) is 7.67. The lowest BCUT2D eigenvalue weighted by Gasteiger charge is -2.20. The van der Waals surface area contributed by atoms with Crippen molar-refractivity contribution >= 4 is 28.3 Å². The molecule has 0 bridgehead atoms. The average molecular weight is 581 g/mol. The van der Waals surface area contributed by atoms with Gasteiger partial charge in [-0.15, -0.1) is 0 Å². The normalized spacial score (nSPS) is 12.4. The summed E-state index contributed by atoms with van der Waals surface area (Å²) in [7, 11) is 0. The number of benzene rings is 5. The van der Waals surface area contributed by atoms with Crippen molar-refractivity contribution in [2.24, 2.45) is 0 Å². The molecule has 4 heteroatoms. The third kappa shape index (κ3) is 6.61. The Hall–Kier alpha value is -6.13. The first kappa shape index (κ1) is 29.0. The summed E-state index contributed by atoms with van der Waals surface area (Å²) in [6.07, 6.45) is 7.47. The van der Waals surface area contributed by atoms with E-state index in [0.717, 1.165) is 61.3 Å². The van der Waals surface area contributed by atoms with Gasteiger partial charge in [0.15, 0.2) is 0 Å². The highest BCUT2D eigenvalue weighted by atomic mass is 14.6. The molecule has 0 spiro atoms. The van der Waals surface area contributed by atoms with E-state index in [1.165, 1.54) is 0 Å². The highest BCUT2D eigenvalue weighted by Crippen LogP contribution is 2.37. The summed E-state index contributed by atoms with van der Waals surface area (Å²) < 4.78 is 0. The molecule has 0 radical (unpaired) electrons. The fourth-order valence-corrected chi connectivity index (χ4v) is 5.41. The van der Waals surface area contributed by atoms with Crippen LogP contribution < -0.4 is 5.73 Å². The van der Waals surface area contributed by atoms with Crippen LogP contribution in [-0.4, -0.2) is 16.4 Å². The molecule has 0 aliphatic heterocycles. The van der Waals surface area contributed by atoms with Crippen LogP contribution in [0.1, 0.15) is 11.1 Å². The number of anilines is 1. The van der Waals surface area contributed by atoms with Crippen molar-refractivity contribution in [2.45, 2.75) is 0 Å². The van der Waals surface area contributed by atoms with Crippen LogP contribution >= 0.6 is 0 Å². The van der Waals surface area contributed by atoms with Gasteiger partial charge in [0, 0.05) is 23.7 Å². The predicted octanol–water partition coefficient (Wildman–Crippen LogP) is 9.87. The number of pyridine rings is 1. The van der Waals surface area contributed by atoms with Gasteiger partial charge in [-0.1, -0.05) is 127 Å². The van der Waals surface area contributed by atoms with Gasteiger partial charge in [0.2, 0.25) is 0 Å². The largest absolute Gasteiger partial charge is 0.399 e. The number of nitrogens with zero attached hydrogens (tertiary/aromatic N) is 1. The summed E-state index contributed by atoms with van der Waals surface area (Å²) in [5, 5.41) is 17.2. The molecule has 4 nitrogen and oxygen atoms in total. The van der Waals surface area contributed by atoms with Gasteiger partial charge < -0.3 is 5.73 Å². The number of rotatable bonds is 5. The highest BCUT2D eigenvalue weighted by molar-refractivity contribution is 6.61. The second-order valence-corrected chi connectivity index (χ2v) is 10.6. The van der Waals surface area contributed by atoms with Crippen LogP contribution in [-0.2, 0) is 0 Å². The van der Waals surface area contributed by atoms with Gasteiger partial charge in [-0.2, -0.15) is 0 Å². The fraction of sp³-hybridized carbons (Fsp3) is 0. The summed E-state index contributed by atoms with van der Waals surface area (Å²) in [5.74, 6) is 0. The highest BCUT2D eigenvalue weighted by Gasteiger charge is 2.22. The molecule has 4 N–H and O–H groups in total. The summed E-state index contributed by atoms with van der Waals surface area (Å²) >= 11 is 0. The van der Waals surface area contributed by atoms with Crippen LogP contribution in [0.25, 0.3) is 44.5 Å². The van der Waals surface area contributed by atoms with Gasteiger partial charge in [0.1, 0.15) is 0 Å². The monoisotopic (exact) mass is 580 g/mol. The minimum Gasteiger partial charge on any atom is -0.399 e. The van der Waals surface area contributed by atoms with Gasteiger partial charge in [-0.3, -0.25) is 15.8 Å². The molecule has 5 aromatic carbocycles. The number of nitrogens with one attached hydrogen (secondary N) is 2. The molecule has 216 valence electrons. The molecule has 0 amide bonds. The number of aromatic nitrogens is 1. The Morgan fingerprint density at radius 3 is 1.53 bits per heavy atom.